The van der Waals surface area contributed by atoms with Crippen molar-refractivity contribution in [2.45, 2.75) is 30.6 Å². The number of sulfone groups is 1. The van der Waals surface area contributed by atoms with E-state index in [4.69, 9.17) is 0 Å². The molecule has 1 saturated carbocycles. The molecule has 0 bridgehead atoms. The van der Waals surface area contributed by atoms with Crippen LogP contribution in [0.15, 0.2) is 23.1 Å². The molecule has 1 amide bonds. The second-order valence-electron chi connectivity index (χ2n) is 5.39. The van der Waals surface area contributed by atoms with Crippen molar-refractivity contribution >= 4 is 42.4 Å². The normalized spacial score (nSPS) is 16.4. The lowest BCUT2D eigenvalue weighted by atomic mass is 10.1. The van der Waals surface area contributed by atoms with Gasteiger partial charge in [-0.25, -0.2) is 13.4 Å². The highest BCUT2D eigenvalue weighted by Gasteiger charge is 2.23. The molecule has 7 heteroatoms. The minimum atomic E-state index is -3.23. The number of carbonyl (C=O) groups excluding carboxylic acids is 1. The molecule has 0 aliphatic heterocycles. The van der Waals surface area contributed by atoms with Crippen molar-refractivity contribution in [3.63, 3.8) is 0 Å². The number of aromatic nitrogens is 1. The molecule has 1 aromatic carbocycles. The first kappa shape index (κ1) is 14.5. The lowest BCUT2D eigenvalue weighted by molar-refractivity contribution is -0.119. The van der Waals surface area contributed by atoms with Gasteiger partial charge in [0.15, 0.2) is 15.0 Å². The number of thiazole rings is 1. The molecular formula is C14H16N2O3S2. The zero-order valence-corrected chi connectivity index (χ0v) is 13.3. The van der Waals surface area contributed by atoms with E-state index in [9.17, 15) is 13.2 Å². The number of hydrogen-bond acceptors (Lipinski definition) is 5. The van der Waals surface area contributed by atoms with Gasteiger partial charge in [0, 0.05) is 12.2 Å². The van der Waals surface area contributed by atoms with Gasteiger partial charge in [-0.1, -0.05) is 24.2 Å². The number of hydrogen-bond donors (Lipinski definition) is 1. The van der Waals surface area contributed by atoms with Crippen LogP contribution in [0, 0.1) is 5.92 Å². The Hall–Kier alpha value is -1.47. The largest absolute Gasteiger partial charge is 0.302 e. The fraction of sp³-hybridized carbons (Fsp3) is 0.429. The lowest BCUT2D eigenvalue weighted by Crippen LogP contribution is -2.19. The van der Waals surface area contributed by atoms with Gasteiger partial charge in [0.2, 0.25) is 5.91 Å². The number of fused-ring (bicyclic) bond motifs is 1. The minimum Gasteiger partial charge on any atom is -0.302 e. The molecule has 1 N–H and O–H groups in total. The molecule has 0 radical (unpaired) electrons. The van der Waals surface area contributed by atoms with Crippen molar-refractivity contribution in [3.05, 3.63) is 18.2 Å². The molecule has 1 aromatic heterocycles. The molecular weight excluding hydrogens is 308 g/mol. The molecule has 112 valence electrons. The molecule has 1 aliphatic rings. The van der Waals surface area contributed by atoms with Crippen LogP contribution < -0.4 is 5.32 Å². The maximum absolute atomic E-state index is 12.1. The van der Waals surface area contributed by atoms with E-state index in [1.54, 1.807) is 18.2 Å². The van der Waals surface area contributed by atoms with E-state index in [1.165, 1.54) is 17.6 Å². The molecule has 0 unspecified atom stereocenters. The highest BCUT2D eigenvalue weighted by Crippen LogP contribution is 2.30. The summed E-state index contributed by atoms with van der Waals surface area (Å²) in [6.07, 6.45) is 5.27. The van der Waals surface area contributed by atoms with Crippen LogP contribution in [0.25, 0.3) is 10.2 Å². The number of amides is 1. The first-order valence-corrected chi connectivity index (χ1v) is 9.56. The zero-order valence-electron chi connectivity index (χ0n) is 11.6. The summed E-state index contributed by atoms with van der Waals surface area (Å²) >= 11 is 1.31. The van der Waals surface area contributed by atoms with Crippen LogP contribution in [0.1, 0.15) is 25.7 Å². The van der Waals surface area contributed by atoms with Crippen LogP contribution in [0.3, 0.4) is 0 Å². The number of anilines is 1. The van der Waals surface area contributed by atoms with E-state index in [-0.39, 0.29) is 16.7 Å². The molecule has 0 atom stereocenters. The Labute approximate surface area is 127 Å². The summed E-state index contributed by atoms with van der Waals surface area (Å²) in [6.45, 7) is 0. The minimum absolute atomic E-state index is 0.0230. The quantitative estimate of drug-likeness (QED) is 0.942. The summed E-state index contributed by atoms with van der Waals surface area (Å²) in [5.41, 5.74) is 0.703. The lowest BCUT2D eigenvalue weighted by Gasteiger charge is -2.06. The summed E-state index contributed by atoms with van der Waals surface area (Å²) < 4.78 is 23.9. The van der Waals surface area contributed by atoms with Gasteiger partial charge in [-0.2, -0.15) is 0 Å². The topological polar surface area (TPSA) is 76.1 Å². The van der Waals surface area contributed by atoms with Gasteiger partial charge < -0.3 is 5.32 Å². The summed E-state index contributed by atoms with van der Waals surface area (Å²) in [5.74, 6) is 0.110. The third kappa shape index (κ3) is 3.08. The Bertz CT molecular complexity index is 790. The Kier molecular flexibility index (Phi) is 3.71. The second-order valence-corrected chi connectivity index (χ2v) is 8.44. The Morgan fingerprint density at radius 1 is 1.33 bits per heavy atom. The number of nitrogens with one attached hydrogen (secondary N) is 1. The number of benzene rings is 1. The SMILES string of the molecule is CS(=O)(=O)c1ccc2nc(NC(=O)C3CCCC3)sc2c1. The summed E-state index contributed by atoms with van der Waals surface area (Å²) in [5, 5.41) is 3.39. The highest BCUT2D eigenvalue weighted by atomic mass is 32.2. The predicted octanol–water partition coefficient (Wildman–Crippen LogP) is 2.83. The Morgan fingerprint density at radius 2 is 2.05 bits per heavy atom. The number of nitrogens with zero attached hydrogens (tertiary/aromatic N) is 1. The standard InChI is InChI=1S/C14H16N2O3S2/c1-21(18,19)10-6-7-11-12(8-10)20-14(15-11)16-13(17)9-4-2-3-5-9/h6-9H,2-5H2,1H3,(H,15,16,17). The highest BCUT2D eigenvalue weighted by molar-refractivity contribution is 7.90. The Balaban J connectivity index is 1.85. The van der Waals surface area contributed by atoms with E-state index in [2.05, 4.69) is 10.3 Å². The predicted molar refractivity (Wildman–Crippen MR) is 83.3 cm³/mol. The van der Waals surface area contributed by atoms with Crippen molar-refractivity contribution < 1.29 is 13.2 Å². The number of rotatable bonds is 3. The van der Waals surface area contributed by atoms with Crippen molar-refractivity contribution in [2.24, 2.45) is 5.92 Å². The second kappa shape index (κ2) is 5.38. The van der Waals surface area contributed by atoms with Crippen LogP contribution in [0.5, 0.6) is 0 Å². The van der Waals surface area contributed by atoms with E-state index >= 15 is 0 Å². The summed E-state index contributed by atoms with van der Waals surface area (Å²) in [6, 6.07) is 4.82. The van der Waals surface area contributed by atoms with Crippen LogP contribution in [-0.2, 0) is 14.6 Å². The van der Waals surface area contributed by atoms with Crippen molar-refractivity contribution in [1.29, 1.82) is 0 Å². The average molecular weight is 324 g/mol. The molecule has 2 aromatic rings. The summed E-state index contributed by atoms with van der Waals surface area (Å²) in [7, 11) is -3.23. The fourth-order valence-electron chi connectivity index (χ4n) is 2.58. The van der Waals surface area contributed by atoms with Crippen molar-refractivity contribution in [1.82, 2.24) is 4.98 Å². The third-order valence-corrected chi connectivity index (χ3v) is 5.79. The van der Waals surface area contributed by atoms with E-state index < -0.39 is 9.84 Å². The first-order chi connectivity index (χ1) is 9.93. The van der Waals surface area contributed by atoms with Gasteiger partial charge in [-0.15, -0.1) is 0 Å². The van der Waals surface area contributed by atoms with Crippen LogP contribution in [-0.4, -0.2) is 25.6 Å². The van der Waals surface area contributed by atoms with Crippen LogP contribution in [0.4, 0.5) is 5.13 Å². The average Bonchev–Trinajstić information content (AvgIpc) is 3.05. The molecule has 1 aliphatic carbocycles. The van der Waals surface area contributed by atoms with Gasteiger partial charge in [0.1, 0.15) is 0 Å². The Morgan fingerprint density at radius 3 is 2.71 bits per heavy atom. The van der Waals surface area contributed by atoms with E-state index in [1.807, 2.05) is 0 Å². The maximum atomic E-state index is 12.1. The van der Waals surface area contributed by atoms with Crippen LogP contribution in [0.2, 0.25) is 0 Å². The smallest absolute Gasteiger partial charge is 0.229 e. The van der Waals surface area contributed by atoms with Gasteiger partial charge >= 0.3 is 0 Å². The van der Waals surface area contributed by atoms with Gasteiger partial charge in [0.25, 0.3) is 0 Å². The fourth-order valence-corrected chi connectivity index (χ4v) is 4.21. The van der Waals surface area contributed by atoms with Crippen LogP contribution >= 0.6 is 11.3 Å². The summed E-state index contributed by atoms with van der Waals surface area (Å²) in [4.78, 5) is 16.7. The molecule has 3 rings (SSSR count). The van der Waals surface area contributed by atoms with E-state index in [0.717, 1.165) is 30.4 Å². The molecule has 0 saturated heterocycles. The van der Waals surface area contributed by atoms with Crippen molar-refractivity contribution in [3.8, 4) is 0 Å². The molecule has 1 fully saturated rings. The molecule has 21 heavy (non-hydrogen) atoms. The molecule has 1 heterocycles. The third-order valence-electron chi connectivity index (χ3n) is 3.74. The van der Waals surface area contributed by atoms with Crippen molar-refractivity contribution in [2.75, 3.05) is 11.6 Å². The van der Waals surface area contributed by atoms with Gasteiger partial charge in [0.05, 0.1) is 15.1 Å². The monoisotopic (exact) mass is 324 g/mol. The van der Waals surface area contributed by atoms with E-state index in [0.29, 0.717) is 10.6 Å². The number of carbonyl (C=O) groups is 1. The molecule has 0 spiro atoms. The first-order valence-electron chi connectivity index (χ1n) is 6.85. The maximum Gasteiger partial charge on any atom is 0.229 e. The molecule has 5 nitrogen and oxygen atoms in total. The van der Waals surface area contributed by atoms with Gasteiger partial charge in [-0.05, 0) is 31.0 Å². The zero-order chi connectivity index (χ0) is 15.0. The van der Waals surface area contributed by atoms with Gasteiger partial charge in [-0.3, -0.25) is 4.79 Å².